The minimum Gasteiger partial charge on any atom is -0.493 e. The molecule has 0 N–H and O–H groups in total. The van der Waals surface area contributed by atoms with E-state index in [1.807, 2.05) is 25.1 Å². The van der Waals surface area contributed by atoms with Crippen LogP contribution in [0.15, 0.2) is 18.2 Å². The molecule has 124 valence electrons. The van der Waals surface area contributed by atoms with Gasteiger partial charge in [0.05, 0.1) is 20.3 Å². The predicted molar refractivity (Wildman–Crippen MR) is 84.5 cm³/mol. The van der Waals surface area contributed by atoms with Crippen molar-refractivity contribution >= 4 is 11.9 Å². The summed E-state index contributed by atoms with van der Waals surface area (Å²) in [4.78, 5) is 28.4. The molecule has 0 bridgehead atoms. The summed E-state index contributed by atoms with van der Waals surface area (Å²) in [5, 5.41) is 0. The number of carbonyl (C=O) groups is 2. The van der Waals surface area contributed by atoms with Crippen LogP contribution >= 0.6 is 0 Å². The molecule has 3 rings (SSSR count). The van der Waals surface area contributed by atoms with Crippen LogP contribution in [0.25, 0.3) is 0 Å². The van der Waals surface area contributed by atoms with E-state index in [1.54, 1.807) is 19.1 Å². The van der Waals surface area contributed by atoms with Crippen molar-refractivity contribution in [3.8, 4) is 11.5 Å². The zero-order chi connectivity index (χ0) is 16.6. The zero-order valence-electron chi connectivity index (χ0n) is 13.7. The summed E-state index contributed by atoms with van der Waals surface area (Å²) < 4.78 is 10.6. The first-order valence-corrected chi connectivity index (χ1v) is 7.98. The SMILES string of the molecule is CC[C@H](c1ccc(OC)c(OC)c1)N1C(=O)[C@@H]2CCCN2C1=O. The highest BCUT2D eigenvalue weighted by molar-refractivity contribution is 6.05. The molecule has 2 heterocycles. The van der Waals surface area contributed by atoms with Crippen molar-refractivity contribution in [1.82, 2.24) is 9.80 Å². The summed E-state index contributed by atoms with van der Waals surface area (Å²) in [6.07, 6.45) is 2.33. The molecule has 2 aliphatic rings. The van der Waals surface area contributed by atoms with Gasteiger partial charge in [-0.25, -0.2) is 4.79 Å². The first kappa shape index (κ1) is 15.6. The normalized spacial score (nSPS) is 21.6. The van der Waals surface area contributed by atoms with Crippen LogP contribution in [-0.4, -0.2) is 48.5 Å². The third kappa shape index (κ3) is 2.42. The fraction of sp³-hybridized carbons (Fsp3) is 0.529. The number of ether oxygens (including phenoxy) is 2. The Kier molecular flexibility index (Phi) is 4.15. The second-order valence-electron chi connectivity index (χ2n) is 5.88. The van der Waals surface area contributed by atoms with Crippen LogP contribution in [0.4, 0.5) is 4.79 Å². The van der Waals surface area contributed by atoms with E-state index in [1.165, 1.54) is 4.90 Å². The fourth-order valence-electron chi connectivity index (χ4n) is 3.56. The van der Waals surface area contributed by atoms with Crippen LogP contribution < -0.4 is 9.47 Å². The Hall–Kier alpha value is -2.24. The van der Waals surface area contributed by atoms with Crippen molar-refractivity contribution < 1.29 is 19.1 Å². The quantitative estimate of drug-likeness (QED) is 0.783. The highest BCUT2D eigenvalue weighted by Gasteiger charge is 2.49. The smallest absolute Gasteiger partial charge is 0.328 e. The Morgan fingerprint density at radius 2 is 1.96 bits per heavy atom. The monoisotopic (exact) mass is 318 g/mol. The average molecular weight is 318 g/mol. The molecule has 23 heavy (non-hydrogen) atoms. The molecule has 0 aliphatic carbocycles. The lowest BCUT2D eigenvalue weighted by atomic mass is 10.0. The van der Waals surface area contributed by atoms with E-state index in [9.17, 15) is 9.59 Å². The second kappa shape index (κ2) is 6.10. The van der Waals surface area contributed by atoms with E-state index in [0.717, 1.165) is 18.4 Å². The summed E-state index contributed by atoms with van der Waals surface area (Å²) >= 11 is 0. The summed E-state index contributed by atoms with van der Waals surface area (Å²) in [5.74, 6) is 1.16. The minimum absolute atomic E-state index is 0.0749. The second-order valence-corrected chi connectivity index (χ2v) is 5.88. The largest absolute Gasteiger partial charge is 0.493 e. The van der Waals surface area contributed by atoms with Crippen LogP contribution in [-0.2, 0) is 4.79 Å². The number of hydrogen-bond donors (Lipinski definition) is 0. The van der Waals surface area contributed by atoms with Gasteiger partial charge in [0.2, 0.25) is 0 Å². The number of amides is 3. The number of rotatable bonds is 5. The number of methoxy groups -OCH3 is 2. The number of carbonyl (C=O) groups excluding carboxylic acids is 2. The standard InChI is InChI=1S/C17H22N2O4/c1-4-12(11-7-8-14(22-2)15(10-11)23-3)19-16(20)13-6-5-9-18(13)17(19)21/h7-8,10,12-13H,4-6,9H2,1-3H3/t12-,13+/m1/s1. The molecule has 0 saturated carbocycles. The molecule has 0 unspecified atom stereocenters. The van der Waals surface area contributed by atoms with Crippen LogP contribution in [0.3, 0.4) is 0 Å². The maximum atomic E-state index is 12.7. The van der Waals surface area contributed by atoms with Gasteiger partial charge >= 0.3 is 6.03 Å². The van der Waals surface area contributed by atoms with E-state index in [-0.39, 0.29) is 24.0 Å². The number of hydrogen-bond acceptors (Lipinski definition) is 4. The van der Waals surface area contributed by atoms with E-state index in [2.05, 4.69) is 0 Å². The fourth-order valence-corrected chi connectivity index (χ4v) is 3.56. The van der Waals surface area contributed by atoms with Gasteiger partial charge in [-0.05, 0) is 37.0 Å². The lowest BCUT2D eigenvalue weighted by Crippen LogP contribution is -2.36. The maximum absolute atomic E-state index is 12.7. The van der Waals surface area contributed by atoms with Gasteiger partial charge in [0.15, 0.2) is 11.5 Å². The van der Waals surface area contributed by atoms with Crippen LogP contribution in [0, 0.1) is 0 Å². The van der Waals surface area contributed by atoms with Gasteiger partial charge in [0.1, 0.15) is 6.04 Å². The molecular weight excluding hydrogens is 296 g/mol. The van der Waals surface area contributed by atoms with Crippen molar-refractivity contribution in [2.24, 2.45) is 0 Å². The number of benzene rings is 1. The molecule has 1 aromatic rings. The van der Waals surface area contributed by atoms with Crippen molar-refractivity contribution in [2.75, 3.05) is 20.8 Å². The lowest BCUT2D eigenvalue weighted by Gasteiger charge is -2.26. The third-order valence-corrected chi connectivity index (χ3v) is 4.72. The predicted octanol–water partition coefficient (Wildman–Crippen LogP) is 2.58. The molecule has 2 fully saturated rings. The Morgan fingerprint density at radius 3 is 2.57 bits per heavy atom. The molecule has 0 aromatic heterocycles. The summed E-state index contributed by atoms with van der Waals surface area (Å²) in [6.45, 7) is 2.65. The Balaban J connectivity index is 1.94. The van der Waals surface area contributed by atoms with Gasteiger partial charge in [-0.2, -0.15) is 0 Å². The Labute approximate surface area is 136 Å². The van der Waals surface area contributed by atoms with E-state index in [0.29, 0.717) is 24.5 Å². The van der Waals surface area contributed by atoms with Gasteiger partial charge < -0.3 is 14.4 Å². The number of urea groups is 1. The summed E-state index contributed by atoms with van der Waals surface area (Å²) in [6, 6.07) is 4.83. The van der Waals surface area contributed by atoms with E-state index in [4.69, 9.17) is 9.47 Å². The topological polar surface area (TPSA) is 59.1 Å². The van der Waals surface area contributed by atoms with Crippen molar-refractivity contribution in [3.05, 3.63) is 23.8 Å². The Bertz CT molecular complexity index is 609. The van der Waals surface area contributed by atoms with Crippen molar-refractivity contribution in [2.45, 2.75) is 38.3 Å². The van der Waals surface area contributed by atoms with Crippen LogP contribution in [0.1, 0.15) is 37.8 Å². The summed E-state index contributed by atoms with van der Waals surface area (Å²) in [7, 11) is 3.15. The molecular formula is C17H22N2O4. The molecule has 2 atom stereocenters. The van der Waals surface area contributed by atoms with Crippen LogP contribution in [0.2, 0.25) is 0 Å². The van der Waals surface area contributed by atoms with E-state index >= 15 is 0 Å². The zero-order valence-corrected chi connectivity index (χ0v) is 13.7. The molecule has 3 amide bonds. The van der Waals surface area contributed by atoms with Gasteiger partial charge in [-0.3, -0.25) is 9.69 Å². The molecule has 6 heteroatoms. The summed E-state index contributed by atoms with van der Waals surface area (Å²) in [5.41, 5.74) is 0.882. The van der Waals surface area contributed by atoms with Crippen LogP contribution in [0.5, 0.6) is 11.5 Å². The molecule has 2 saturated heterocycles. The third-order valence-electron chi connectivity index (χ3n) is 4.72. The highest BCUT2D eigenvalue weighted by Crippen LogP contribution is 2.38. The van der Waals surface area contributed by atoms with Gasteiger partial charge in [-0.15, -0.1) is 0 Å². The molecule has 1 aromatic carbocycles. The van der Waals surface area contributed by atoms with Gasteiger partial charge in [-0.1, -0.05) is 13.0 Å². The lowest BCUT2D eigenvalue weighted by molar-refractivity contribution is -0.129. The first-order chi connectivity index (χ1) is 11.1. The Morgan fingerprint density at radius 1 is 1.22 bits per heavy atom. The number of imide groups is 1. The van der Waals surface area contributed by atoms with Crippen molar-refractivity contribution in [1.29, 1.82) is 0 Å². The average Bonchev–Trinajstić information content (AvgIpc) is 3.14. The van der Waals surface area contributed by atoms with Gasteiger partial charge in [0.25, 0.3) is 5.91 Å². The molecule has 6 nitrogen and oxygen atoms in total. The highest BCUT2D eigenvalue weighted by atomic mass is 16.5. The van der Waals surface area contributed by atoms with E-state index < -0.39 is 0 Å². The van der Waals surface area contributed by atoms with Crippen molar-refractivity contribution in [3.63, 3.8) is 0 Å². The molecule has 0 spiro atoms. The minimum atomic E-state index is -0.277. The number of nitrogens with zero attached hydrogens (tertiary/aromatic N) is 2. The van der Waals surface area contributed by atoms with Gasteiger partial charge in [0, 0.05) is 6.54 Å². The maximum Gasteiger partial charge on any atom is 0.328 e. The molecule has 2 aliphatic heterocycles. The first-order valence-electron chi connectivity index (χ1n) is 7.98. The number of fused-ring (bicyclic) bond motifs is 1. The molecule has 0 radical (unpaired) electrons.